The minimum Gasteiger partial charge on any atom is -0.325 e. The van der Waals surface area contributed by atoms with Crippen molar-refractivity contribution < 1.29 is 0 Å². The van der Waals surface area contributed by atoms with Crippen LogP contribution in [0.25, 0.3) is 0 Å². The summed E-state index contributed by atoms with van der Waals surface area (Å²) in [5.41, 5.74) is 6.93. The lowest BCUT2D eigenvalue weighted by molar-refractivity contribution is 0.378. The van der Waals surface area contributed by atoms with E-state index in [9.17, 15) is 0 Å². The van der Waals surface area contributed by atoms with Gasteiger partial charge >= 0.3 is 0 Å². The first kappa shape index (κ1) is 9.47. The van der Waals surface area contributed by atoms with Gasteiger partial charge in [-0.05, 0) is 45.6 Å². The van der Waals surface area contributed by atoms with Crippen LogP contribution >= 0.6 is 0 Å². The summed E-state index contributed by atoms with van der Waals surface area (Å²) >= 11 is 0. The lowest BCUT2D eigenvalue weighted by atomic mass is 9.95. The zero-order valence-electron chi connectivity index (χ0n) is 8.73. The van der Waals surface area contributed by atoms with E-state index in [4.69, 9.17) is 5.73 Å². The van der Waals surface area contributed by atoms with Crippen LogP contribution in [-0.4, -0.2) is 17.6 Å². The third kappa shape index (κ3) is 2.44. The molecule has 13 heavy (non-hydrogen) atoms. The van der Waals surface area contributed by atoms with Gasteiger partial charge in [0, 0.05) is 11.1 Å². The van der Waals surface area contributed by atoms with Gasteiger partial charge in [-0.25, -0.2) is 0 Å². The van der Waals surface area contributed by atoms with Crippen LogP contribution in [0.5, 0.6) is 0 Å². The average molecular weight is 182 g/mol. The van der Waals surface area contributed by atoms with Crippen LogP contribution in [-0.2, 0) is 0 Å². The van der Waals surface area contributed by atoms with Gasteiger partial charge in [-0.2, -0.15) is 0 Å². The Morgan fingerprint density at radius 2 is 1.77 bits per heavy atom. The molecule has 0 atom stereocenters. The van der Waals surface area contributed by atoms with Gasteiger partial charge in [-0.1, -0.05) is 12.8 Å². The third-order valence-electron chi connectivity index (χ3n) is 3.77. The van der Waals surface area contributed by atoms with Crippen LogP contribution in [0.1, 0.15) is 51.9 Å². The minimum atomic E-state index is 0.179. The van der Waals surface area contributed by atoms with Crippen molar-refractivity contribution in [2.24, 2.45) is 5.73 Å². The Kier molecular flexibility index (Phi) is 2.37. The highest BCUT2D eigenvalue weighted by atomic mass is 15.0. The second-order valence-electron chi connectivity index (χ2n) is 5.31. The van der Waals surface area contributed by atoms with Crippen molar-refractivity contribution >= 4 is 0 Å². The summed E-state index contributed by atoms with van der Waals surface area (Å²) in [5, 5.41) is 3.61. The Morgan fingerprint density at radius 1 is 1.15 bits per heavy atom. The number of hydrogen-bond acceptors (Lipinski definition) is 2. The molecule has 0 spiro atoms. The SMILES string of the molecule is CC1(NCCC2(N)CCCC2)CC1. The van der Waals surface area contributed by atoms with E-state index >= 15 is 0 Å². The maximum absolute atomic E-state index is 6.27. The number of nitrogens with two attached hydrogens (primary N) is 1. The van der Waals surface area contributed by atoms with Crippen molar-refractivity contribution in [2.45, 2.75) is 62.9 Å². The summed E-state index contributed by atoms with van der Waals surface area (Å²) in [4.78, 5) is 0. The lowest BCUT2D eigenvalue weighted by Crippen LogP contribution is -2.41. The molecule has 0 bridgehead atoms. The fraction of sp³-hybridized carbons (Fsp3) is 1.00. The second-order valence-corrected chi connectivity index (χ2v) is 5.31. The zero-order valence-corrected chi connectivity index (χ0v) is 8.73. The summed E-state index contributed by atoms with van der Waals surface area (Å²) in [6, 6.07) is 0. The normalized spacial score (nSPS) is 29.1. The molecule has 2 aliphatic carbocycles. The van der Waals surface area contributed by atoms with E-state index in [1.807, 2.05) is 0 Å². The fourth-order valence-corrected chi connectivity index (χ4v) is 2.31. The van der Waals surface area contributed by atoms with Crippen molar-refractivity contribution in [2.75, 3.05) is 6.54 Å². The molecule has 0 radical (unpaired) electrons. The van der Waals surface area contributed by atoms with E-state index in [0.717, 1.165) is 6.54 Å². The monoisotopic (exact) mass is 182 g/mol. The molecule has 0 aliphatic heterocycles. The van der Waals surface area contributed by atoms with E-state index in [1.165, 1.54) is 44.9 Å². The maximum atomic E-state index is 6.27. The van der Waals surface area contributed by atoms with Gasteiger partial charge in [0.2, 0.25) is 0 Å². The summed E-state index contributed by atoms with van der Waals surface area (Å²) in [5.74, 6) is 0. The molecule has 0 aromatic rings. The Balaban J connectivity index is 1.66. The maximum Gasteiger partial charge on any atom is 0.0166 e. The molecule has 2 aliphatic rings. The largest absolute Gasteiger partial charge is 0.325 e. The van der Waals surface area contributed by atoms with Gasteiger partial charge in [0.25, 0.3) is 0 Å². The van der Waals surface area contributed by atoms with Crippen LogP contribution in [0.3, 0.4) is 0 Å². The predicted octanol–water partition coefficient (Wildman–Crippen LogP) is 1.79. The first-order chi connectivity index (χ1) is 6.12. The summed E-state index contributed by atoms with van der Waals surface area (Å²) < 4.78 is 0. The predicted molar refractivity (Wildman–Crippen MR) is 55.6 cm³/mol. The smallest absolute Gasteiger partial charge is 0.0166 e. The van der Waals surface area contributed by atoms with E-state index in [-0.39, 0.29) is 5.54 Å². The Labute approximate surface area is 81.3 Å². The van der Waals surface area contributed by atoms with Crippen molar-refractivity contribution in [3.63, 3.8) is 0 Å². The van der Waals surface area contributed by atoms with Gasteiger partial charge < -0.3 is 11.1 Å². The Bertz CT molecular complexity index is 179. The third-order valence-corrected chi connectivity index (χ3v) is 3.77. The van der Waals surface area contributed by atoms with Crippen LogP contribution in [0.2, 0.25) is 0 Å². The highest BCUT2D eigenvalue weighted by molar-refractivity contribution is 4.98. The summed E-state index contributed by atoms with van der Waals surface area (Å²) in [7, 11) is 0. The molecule has 2 rings (SSSR count). The molecule has 2 fully saturated rings. The molecular formula is C11H22N2. The number of rotatable bonds is 4. The number of hydrogen-bond donors (Lipinski definition) is 2. The summed E-state index contributed by atoms with van der Waals surface area (Å²) in [6.07, 6.45) is 9.04. The molecule has 0 saturated heterocycles. The van der Waals surface area contributed by atoms with E-state index in [0.29, 0.717) is 5.54 Å². The topological polar surface area (TPSA) is 38.0 Å². The molecule has 0 unspecified atom stereocenters. The van der Waals surface area contributed by atoms with E-state index < -0.39 is 0 Å². The molecule has 2 nitrogen and oxygen atoms in total. The average Bonchev–Trinajstić information content (AvgIpc) is 2.62. The highest BCUT2D eigenvalue weighted by Gasteiger charge is 2.37. The molecule has 2 heteroatoms. The zero-order chi connectivity index (χ0) is 9.36. The van der Waals surface area contributed by atoms with E-state index in [2.05, 4.69) is 12.2 Å². The van der Waals surface area contributed by atoms with Crippen molar-refractivity contribution in [1.29, 1.82) is 0 Å². The number of nitrogens with one attached hydrogen (secondary N) is 1. The molecule has 0 aromatic heterocycles. The van der Waals surface area contributed by atoms with Crippen molar-refractivity contribution in [3.8, 4) is 0 Å². The Morgan fingerprint density at radius 3 is 2.31 bits per heavy atom. The molecule has 2 saturated carbocycles. The molecule has 3 N–H and O–H groups in total. The van der Waals surface area contributed by atoms with Gasteiger partial charge in [-0.3, -0.25) is 0 Å². The lowest BCUT2D eigenvalue weighted by Gasteiger charge is -2.24. The fourth-order valence-electron chi connectivity index (χ4n) is 2.31. The molecule has 0 aromatic carbocycles. The molecule has 0 heterocycles. The van der Waals surface area contributed by atoms with Crippen molar-refractivity contribution in [1.82, 2.24) is 5.32 Å². The molecular weight excluding hydrogens is 160 g/mol. The van der Waals surface area contributed by atoms with Gasteiger partial charge in [0.05, 0.1) is 0 Å². The van der Waals surface area contributed by atoms with E-state index in [1.54, 1.807) is 0 Å². The summed E-state index contributed by atoms with van der Waals surface area (Å²) in [6.45, 7) is 3.43. The molecule has 0 amide bonds. The molecule has 76 valence electrons. The van der Waals surface area contributed by atoms with Crippen LogP contribution in [0.15, 0.2) is 0 Å². The Hall–Kier alpha value is -0.0800. The van der Waals surface area contributed by atoms with Crippen LogP contribution in [0, 0.1) is 0 Å². The first-order valence-electron chi connectivity index (χ1n) is 5.66. The van der Waals surface area contributed by atoms with Crippen LogP contribution in [0.4, 0.5) is 0 Å². The first-order valence-corrected chi connectivity index (χ1v) is 5.66. The van der Waals surface area contributed by atoms with Crippen molar-refractivity contribution in [3.05, 3.63) is 0 Å². The van der Waals surface area contributed by atoms with Crippen LogP contribution < -0.4 is 11.1 Å². The van der Waals surface area contributed by atoms with Gasteiger partial charge in [0.15, 0.2) is 0 Å². The minimum absolute atomic E-state index is 0.179. The standard InChI is InChI=1S/C11H22N2/c1-10(6-7-10)13-9-8-11(12)4-2-3-5-11/h13H,2-9,12H2,1H3. The van der Waals surface area contributed by atoms with Gasteiger partial charge in [0.1, 0.15) is 0 Å². The quantitative estimate of drug-likeness (QED) is 0.695. The highest BCUT2D eigenvalue weighted by Crippen LogP contribution is 2.35. The second kappa shape index (κ2) is 3.25. The van der Waals surface area contributed by atoms with Gasteiger partial charge in [-0.15, -0.1) is 0 Å².